The first-order valence-electron chi connectivity index (χ1n) is 10.4. The zero-order valence-corrected chi connectivity index (χ0v) is 21.9. The highest BCUT2D eigenvalue weighted by molar-refractivity contribution is 14.0. The lowest BCUT2D eigenvalue weighted by Gasteiger charge is -2.39. The van der Waals surface area contributed by atoms with Crippen LogP contribution in [0.2, 0.25) is 0 Å². The highest BCUT2D eigenvalue weighted by atomic mass is 127. The molecule has 1 aliphatic heterocycles. The molecule has 0 bridgehead atoms. The van der Waals surface area contributed by atoms with E-state index >= 15 is 0 Å². The lowest BCUT2D eigenvalue weighted by atomic mass is 9.82. The number of halogens is 1. The Morgan fingerprint density at radius 1 is 1.29 bits per heavy atom. The van der Waals surface area contributed by atoms with Crippen molar-refractivity contribution in [2.45, 2.75) is 36.5 Å². The fourth-order valence-corrected chi connectivity index (χ4v) is 6.45. The molecule has 3 rings (SSSR count). The normalized spacial score (nSPS) is 20.7. The van der Waals surface area contributed by atoms with Gasteiger partial charge in [-0.05, 0) is 42.2 Å². The molecule has 1 aromatic heterocycles. The molecule has 1 fully saturated rings. The second-order valence-corrected chi connectivity index (χ2v) is 11.0. The van der Waals surface area contributed by atoms with Gasteiger partial charge in [0.1, 0.15) is 4.21 Å². The molecule has 0 amide bonds. The van der Waals surface area contributed by atoms with Gasteiger partial charge >= 0.3 is 0 Å². The van der Waals surface area contributed by atoms with Crippen molar-refractivity contribution in [1.82, 2.24) is 10.2 Å². The predicted octanol–water partition coefficient (Wildman–Crippen LogP) is 3.59. The van der Waals surface area contributed by atoms with Crippen LogP contribution in [0.4, 0.5) is 0 Å². The number of likely N-dealkylation sites (tertiary alicyclic amines) is 1. The molecule has 0 saturated carbocycles. The fourth-order valence-electron chi connectivity index (χ4n) is 3.98. The minimum absolute atomic E-state index is 0. The summed E-state index contributed by atoms with van der Waals surface area (Å²) in [6.45, 7) is 6.78. The number of nitrogens with one attached hydrogen (secondary N) is 1. The van der Waals surface area contributed by atoms with E-state index in [1.54, 1.807) is 17.5 Å². The van der Waals surface area contributed by atoms with Crippen LogP contribution in [0.25, 0.3) is 0 Å². The van der Waals surface area contributed by atoms with E-state index in [-0.39, 0.29) is 40.5 Å². The molecular formula is C22H32IN3O3S2. The number of aliphatic imine (C=N–C) groups is 1. The number of thiophene rings is 1. The topological polar surface area (TPSA) is 82.0 Å². The summed E-state index contributed by atoms with van der Waals surface area (Å²) < 4.78 is 25.0. The molecule has 0 aliphatic carbocycles. The molecule has 3 unspecified atom stereocenters. The Morgan fingerprint density at radius 3 is 2.65 bits per heavy atom. The number of aliphatic hydroxyl groups is 1. The second-order valence-electron chi connectivity index (χ2n) is 7.79. The number of piperidine rings is 1. The summed E-state index contributed by atoms with van der Waals surface area (Å²) in [5, 5.41) is 15.3. The average Bonchev–Trinajstić information content (AvgIpc) is 3.27. The summed E-state index contributed by atoms with van der Waals surface area (Å²) in [7, 11) is -3.48. The number of benzene rings is 1. The van der Waals surface area contributed by atoms with Gasteiger partial charge in [0.05, 0.1) is 18.4 Å². The van der Waals surface area contributed by atoms with Gasteiger partial charge in [-0.1, -0.05) is 43.3 Å². The maximum Gasteiger partial charge on any atom is 0.194 e. The van der Waals surface area contributed by atoms with Crippen LogP contribution in [-0.4, -0.2) is 62.4 Å². The quantitative estimate of drug-likeness (QED) is 0.299. The van der Waals surface area contributed by atoms with Crippen LogP contribution in [0.3, 0.4) is 0 Å². The standard InChI is InChI=1S/C22H31N3O3S2.HI/c1-3-23-22(24-14-19(26)16-30(27,28)21-10-7-13-29-21)25-12-11-20(17(2)15-25)18-8-5-4-6-9-18;/h4-10,13,17,19-20,26H,3,11-12,14-16H2,1-2H3,(H,23,24);1H. The smallest absolute Gasteiger partial charge is 0.194 e. The number of aliphatic hydroxyl groups excluding tert-OH is 1. The molecule has 2 aromatic rings. The Kier molecular flexibility index (Phi) is 10.2. The number of hydrogen-bond donors (Lipinski definition) is 2. The van der Waals surface area contributed by atoms with Crippen molar-refractivity contribution < 1.29 is 13.5 Å². The van der Waals surface area contributed by atoms with Crippen LogP contribution < -0.4 is 5.32 Å². The Morgan fingerprint density at radius 2 is 2.03 bits per heavy atom. The van der Waals surface area contributed by atoms with Gasteiger partial charge in [-0.25, -0.2) is 8.42 Å². The first-order chi connectivity index (χ1) is 14.4. The van der Waals surface area contributed by atoms with E-state index in [1.807, 2.05) is 13.0 Å². The van der Waals surface area contributed by atoms with Crippen LogP contribution in [0.15, 0.2) is 57.0 Å². The highest BCUT2D eigenvalue weighted by Gasteiger charge is 2.29. The summed E-state index contributed by atoms with van der Waals surface area (Å²) in [5.41, 5.74) is 1.38. The van der Waals surface area contributed by atoms with Gasteiger partial charge in [0.2, 0.25) is 0 Å². The van der Waals surface area contributed by atoms with Crippen LogP contribution in [0.5, 0.6) is 0 Å². The third-order valence-electron chi connectivity index (χ3n) is 5.43. The number of rotatable bonds is 7. The van der Waals surface area contributed by atoms with Crippen molar-refractivity contribution in [2.24, 2.45) is 10.9 Å². The lowest BCUT2D eigenvalue weighted by Crippen LogP contribution is -2.48. The average molecular weight is 578 g/mol. The molecule has 31 heavy (non-hydrogen) atoms. The third kappa shape index (κ3) is 7.16. The summed E-state index contributed by atoms with van der Waals surface area (Å²) >= 11 is 1.17. The first kappa shape index (κ1) is 26.1. The molecule has 1 saturated heterocycles. The highest BCUT2D eigenvalue weighted by Crippen LogP contribution is 2.32. The predicted molar refractivity (Wildman–Crippen MR) is 138 cm³/mol. The number of hydrogen-bond acceptors (Lipinski definition) is 5. The zero-order chi connectivity index (χ0) is 21.6. The van der Waals surface area contributed by atoms with Gasteiger partial charge in [-0.3, -0.25) is 4.99 Å². The van der Waals surface area contributed by atoms with Gasteiger partial charge < -0.3 is 15.3 Å². The van der Waals surface area contributed by atoms with E-state index in [0.29, 0.717) is 11.8 Å². The van der Waals surface area contributed by atoms with Gasteiger partial charge in [0.15, 0.2) is 15.8 Å². The summed E-state index contributed by atoms with van der Waals surface area (Å²) in [6, 6.07) is 13.9. The zero-order valence-electron chi connectivity index (χ0n) is 18.0. The largest absolute Gasteiger partial charge is 0.390 e. The molecule has 0 spiro atoms. The van der Waals surface area contributed by atoms with Gasteiger partial charge in [-0.15, -0.1) is 35.3 Å². The molecule has 1 aliphatic rings. The molecule has 2 N–H and O–H groups in total. The Hall–Kier alpha value is -1.17. The Balaban J connectivity index is 0.00000341. The number of nitrogens with zero attached hydrogens (tertiary/aromatic N) is 2. The van der Waals surface area contributed by atoms with Crippen LogP contribution in [0.1, 0.15) is 31.7 Å². The Labute approximate surface area is 206 Å². The summed E-state index contributed by atoms with van der Waals surface area (Å²) in [6.07, 6.45) is -0.00436. The minimum Gasteiger partial charge on any atom is -0.390 e. The second kappa shape index (κ2) is 12.2. The van der Waals surface area contributed by atoms with Gasteiger partial charge in [-0.2, -0.15) is 0 Å². The third-order valence-corrected chi connectivity index (χ3v) is 8.72. The van der Waals surface area contributed by atoms with Crippen molar-refractivity contribution in [3.63, 3.8) is 0 Å². The summed E-state index contributed by atoms with van der Waals surface area (Å²) in [5.74, 6) is 1.41. The van der Waals surface area contributed by atoms with Crippen molar-refractivity contribution in [2.75, 3.05) is 31.9 Å². The minimum atomic E-state index is -3.48. The fraction of sp³-hybridized carbons (Fsp3) is 0.500. The van der Waals surface area contributed by atoms with E-state index in [1.165, 1.54) is 16.9 Å². The monoisotopic (exact) mass is 577 g/mol. The van der Waals surface area contributed by atoms with E-state index in [0.717, 1.165) is 32.0 Å². The SMILES string of the molecule is CCNC(=NCC(O)CS(=O)(=O)c1cccs1)N1CCC(c2ccccc2)C(C)C1.I. The van der Waals surface area contributed by atoms with Crippen molar-refractivity contribution in [3.8, 4) is 0 Å². The molecule has 6 nitrogen and oxygen atoms in total. The molecule has 1 aromatic carbocycles. The molecule has 172 valence electrons. The number of guanidine groups is 1. The van der Waals surface area contributed by atoms with E-state index < -0.39 is 15.9 Å². The maximum absolute atomic E-state index is 12.4. The molecule has 2 heterocycles. The van der Waals surface area contributed by atoms with Crippen molar-refractivity contribution in [1.29, 1.82) is 0 Å². The van der Waals surface area contributed by atoms with Gasteiger partial charge in [0.25, 0.3) is 0 Å². The number of sulfone groups is 1. The van der Waals surface area contributed by atoms with Crippen molar-refractivity contribution >= 4 is 51.1 Å². The summed E-state index contributed by atoms with van der Waals surface area (Å²) in [4.78, 5) is 6.77. The van der Waals surface area contributed by atoms with Crippen LogP contribution >= 0.6 is 35.3 Å². The van der Waals surface area contributed by atoms with E-state index in [9.17, 15) is 13.5 Å². The van der Waals surface area contributed by atoms with Crippen LogP contribution in [-0.2, 0) is 9.84 Å². The molecule has 3 atom stereocenters. The molecule has 0 radical (unpaired) electrons. The van der Waals surface area contributed by atoms with Crippen molar-refractivity contribution in [3.05, 3.63) is 53.4 Å². The Bertz CT molecular complexity index is 921. The van der Waals surface area contributed by atoms with E-state index in [4.69, 9.17) is 0 Å². The lowest BCUT2D eigenvalue weighted by molar-refractivity contribution is 0.203. The molecular weight excluding hydrogens is 545 g/mol. The van der Waals surface area contributed by atoms with Gasteiger partial charge in [0, 0.05) is 19.6 Å². The first-order valence-corrected chi connectivity index (χ1v) is 13.0. The molecule has 9 heteroatoms. The van der Waals surface area contributed by atoms with E-state index in [2.05, 4.69) is 46.4 Å². The maximum atomic E-state index is 12.4. The van der Waals surface area contributed by atoms with Crippen LogP contribution in [0, 0.1) is 5.92 Å².